The highest BCUT2D eigenvalue weighted by Crippen LogP contribution is 2.26. The fraction of sp³-hybridized carbons (Fsp3) is 1.00. The minimum atomic E-state index is -0.771. The van der Waals surface area contributed by atoms with E-state index in [0.717, 1.165) is 0 Å². The van der Waals surface area contributed by atoms with Crippen molar-refractivity contribution >= 4 is 0 Å². The zero-order valence-corrected chi connectivity index (χ0v) is 6.95. The molecule has 0 radical (unpaired) electrons. The Labute approximate surface area is 57.3 Å². The lowest BCUT2D eigenvalue weighted by molar-refractivity contribution is -0.0643. The lowest BCUT2D eigenvalue weighted by atomic mass is 9.84. The second kappa shape index (κ2) is 2.27. The molecule has 0 aliphatic rings. The molecule has 2 heteroatoms. The molecule has 0 aliphatic heterocycles. The fourth-order valence-electron chi connectivity index (χ4n) is 0.375. The van der Waals surface area contributed by atoms with Gasteiger partial charge in [0.25, 0.3) is 0 Å². The van der Waals surface area contributed by atoms with E-state index in [1.807, 2.05) is 20.8 Å². The van der Waals surface area contributed by atoms with Gasteiger partial charge in [0.05, 0.1) is 0 Å². The Balaban J connectivity index is 4.14. The topological polar surface area (TPSA) is 32.3 Å². The van der Waals surface area contributed by atoms with Crippen molar-refractivity contribution in [1.82, 2.24) is 5.32 Å². The molecule has 2 N–H and O–H groups in total. The van der Waals surface area contributed by atoms with Crippen molar-refractivity contribution < 1.29 is 5.11 Å². The maximum atomic E-state index is 9.55. The molecule has 0 fully saturated rings. The average molecular weight is 131 g/mol. The molecule has 2 nitrogen and oxygen atoms in total. The summed E-state index contributed by atoms with van der Waals surface area (Å²) in [5.41, 5.74) is -0.880. The maximum Gasteiger partial charge on any atom is 0.117 e. The van der Waals surface area contributed by atoms with E-state index in [2.05, 4.69) is 5.32 Å². The second-order valence-corrected chi connectivity index (χ2v) is 3.57. The Bertz CT molecular complexity index is 91.6. The van der Waals surface area contributed by atoms with Crippen molar-refractivity contribution in [3.05, 3.63) is 0 Å². The van der Waals surface area contributed by atoms with Crippen molar-refractivity contribution in [1.29, 1.82) is 0 Å². The average Bonchev–Trinajstić information content (AvgIpc) is 1.64. The number of aliphatic hydroxyl groups is 1. The third-order valence-electron chi connectivity index (χ3n) is 1.95. The lowest BCUT2D eigenvalue weighted by Crippen LogP contribution is -2.50. The van der Waals surface area contributed by atoms with Crippen LogP contribution in [0.1, 0.15) is 27.7 Å². The number of hydrogen-bond donors (Lipinski definition) is 2. The second-order valence-electron chi connectivity index (χ2n) is 3.57. The van der Waals surface area contributed by atoms with Crippen molar-refractivity contribution in [3.63, 3.8) is 0 Å². The van der Waals surface area contributed by atoms with E-state index in [0.29, 0.717) is 0 Å². The van der Waals surface area contributed by atoms with Crippen LogP contribution in [-0.4, -0.2) is 17.9 Å². The monoisotopic (exact) mass is 131 g/mol. The predicted octanol–water partition coefficient (Wildman–Crippen LogP) is 0.960. The number of hydrogen-bond acceptors (Lipinski definition) is 2. The van der Waals surface area contributed by atoms with Crippen LogP contribution in [-0.2, 0) is 0 Å². The molecule has 0 aromatic heterocycles. The third-order valence-corrected chi connectivity index (χ3v) is 1.95. The summed E-state index contributed by atoms with van der Waals surface area (Å²) < 4.78 is 0. The highest BCUT2D eigenvalue weighted by Gasteiger charge is 2.32. The van der Waals surface area contributed by atoms with Crippen molar-refractivity contribution in [2.24, 2.45) is 5.41 Å². The first-order chi connectivity index (χ1) is 3.81. The summed E-state index contributed by atoms with van der Waals surface area (Å²) in [6, 6.07) is 0. The zero-order valence-electron chi connectivity index (χ0n) is 6.95. The molecule has 9 heavy (non-hydrogen) atoms. The summed E-state index contributed by atoms with van der Waals surface area (Å²) in [7, 11) is 1.76. The van der Waals surface area contributed by atoms with E-state index >= 15 is 0 Å². The molecular weight excluding hydrogens is 114 g/mol. The van der Waals surface area contributed by atoms with Gasteiger partial charge in [-0.25, -0.2) is 0 Å². The van der Waals surface area contributed by atoms with E-state index in [4.69, 9.17) is 0 Å². The van der Waals surface area contributed by atoms with Crippen LogP contribution in [0.2, 0.25) is 0 Å². The SMILES string of the molecule is CNC(C)(O)C(C)(C)C. The van der Waals surface area contributed by atoms with E-state index in [1.165, 1.54) is 0 Å². The van der Waals surface area contributed by atoms with Crippen LogP contribution in [0.25, 0.3) is 0 Å². The highest BCUT2D eigenvalue weighted by atomic mass is 16.3. The van der Waals surface area contributed by atoms with Crippen LogP contribution < -0.4 is 5.32 Å². The first-order valence-electron chi connectivity index (χ1n) is 3.22. The van der Waals surface area contributed by atoms with Crippen LogP contribution in [0.15, 0.2) is 0 Å². The molecule has 0 heterocycles. The summed E-state index contributed by atoms with van der Waals surface area (Å²) in [6.07, 6.45) is 0. The first-order valence-corrected chi connectivity index (χ1v) is 3.22. The Kier molecular flexibility index (Phi) is 2.25. The van der Waals surface area contributed by atoms with Gasteiger partial charge in [-0.15, -0.1) is 0 Å². The molecule has 0 aromatic rings. The molecule has 0 saturated heterocycles. The Morgan fingerprint density at radius 1 is 1.11 bits per heavy atom. The van der Waals surface area contributed by atoms with E-state index in [1.54, 1.807) is 14.0 Å². The smallest absolute Gasteiger partial charge is 0.117 e. The van der Waals surface area contributed by atoms with E-state index in [-0.39, 0.29) is 5.41 Å². The lowest BCUT2D eigenvalue weighted by Gasteiger charge is -2.36. The van der Waals surface area contributed by atoms with Crippen LogP contribution in [0.4, 0.5) is 0 Å². The van der Waals surface area contributed by atoms with Gasteiger partial charge in [0, 0.05) is 5.41 Å². The molecule has 56 valence electrons. The summed E-state index contributed by atoms with van der Waals surface area (Å²) >= 11 is 0. The molecule has 0 aromatic carbocycles. The minimum Gasteiger partial charge on any atom is -0.376 e. The third kappa shape index (κ3) is 1.95. The molecule has 1 atom stereocenters. The van der Waals surface area contributed by atoms with Crippen LogP contribution in [0.3, 0.4) is 0 Å². The van der Waals surface area contributed by atoms with Gasteiger partial charge in [0.15, 0.2) is 0 Å². The fourth-order valence-corrected chi connectivity index (χ4v) is 0.375. The number of rotatable bonds is 1. The molecule has 1 unspecified atom stereocenters. The van der Waals surface area contributed by atoms with Crippen LogP contribution in [0, 0.1) is 5.41 Å². The Morgan fingerprint density at radius 2 is 1.44 bits per heavy atom. The maximum absolute atomic E-state index is 9.55. The predicted molar refractivity (Wildman–Crippen MR) is 39.1 cm³/mol. The zero-order chi connectivity index (χ0) is 7.71. The molecule has 0 saturated carbocycles. The van der Waals surface area contributed by atoms with E-state index < -0.39 is 5.72 Å². The van der Waals surface area contributed by atoms with Crippen LogP contribution >= 0.6 is 0 Å². The Morgan fingerprint density at radius 3 is 1.44 bits per heavy atom. The Hall–Kier alpha value is -0.0800. The number of nitrogens with one attached hydrogen (secondary N) is 1. The minimum absolute atomic E-state index is 0.109. The van der Waals surface area contributed by atoms with Gasteiger partial charge in [-0.1, -0.05) is 20.8 Å². The standard InChI is InChI=1S/C7H17NO/c1-6(2,3)7(4,9)8-5/h8-9H,1-5H3. The molecule has 0 rings (SSSR count). The van der Waals surface area contributed by atoms with E-state index in [9.17, 15) is 5.11 Å². The normalized spacial score (nSPS) is 19.3. The van der Waals surface area contributed by atoms with Crippen LogP contribution in [0.5, 0.6) is 0 Å². The van der Waals surface area contributed by atoms with Gasteiger partial charge in [0.2, 0.25) is 0 Å². The molecule has 0 aliphatic carbocycles. The van der Waals surface area contributed by atoms with Gasteiger partial charge in [-0.05, 0) is 14.0 Å². The molecule has 0 spiro atoms. The summed E-state index contributed by atoms with van der Waals surface area (Å²) in [5, 5.41) is 12.4. The highest BCUT2D eigenvalue weighted by molar-refractivity contribution is 4.81. The quantitative estimate of drug-likeness (QED) is 0.519. The summed E-state index contributed by atoms with van der Waals surface area (Å²) in [5.74, 6) is 0. The van der Waals surface area contributed by atoms with Crippen molar-refractivity contribution in [2.75, 3.05) is 7.05 Å². The van der Waals surface area contributed by atoms with Gasteiger partial charge in [-0.3, -0.25) is 5.32 Å². The van der Waals surface area contributed by atoms with Crippen molar-refractivity contribution in [2.45, 2.75) is 33.4 Å². The molecule has 0 amide bonds. The first kappa shape index (κ1) is 8.92. The van der Waals surface area contributed by atoms with Gasteiger partial charge in [-0.2, -0.15) is 0 Å². The van der Waals surface area contributed by atoms with Gasteiger partial charge in [0.1, 0.15) is 5.72 Å². The largest absolute Gasteiger partial charge is 0.376 e. The van der Waals surface area contributed by atoms with Gasteiger partial charge >= 0.3 is 0 Å². The summed E-state index contributed by atoms with van der Waals surface area (Å²) in [6.45, 7) is 7.74. The van der Waals surface area contributed by atoms with Gasteiger partial charge < -0.3 is 5.11 Å². The molecular formula is C7H17NO. The molecule has 0 bridgehead atoms. The summed E-state index contributed by atoms with van der Waals surface area (Å²) in [4.78, 5) is 0. The van der Waals surface area contributed by atoms with Crippen molar-refractivity contribution in [3.8, 4) is 0 Å².